The lowest BCUT2D eigenvalue weighted by molar-refractivity contribution is -0.132. The maximum atomic E-state index is 12.0. The third-order valence-electron chi connectivity index (χ3n) is 3.29. The first-order valence-corrected chi connectivity index (χ1v) is 6.82. The first kappa shape index (κ1) is 15.4. The van der Waals surface area contributed by atoms with Crippen molar-refractivity contribution in [2.45, 2.75) is 38.8 Å². The summed E-state index contributed by atoms with van der Waals surface area (Å²) in [7, 11) is 1.84. The molecule has 0 bridgehead atoms. The molecule has 1 aliphatic heterocycles. The Morgan fingerprint density at radius 1 is 1.44 bits per heavy atom. The number of ether oxygens (including phenoxy) is 1. The Labute approximate surface area is 110 Å². The minimum absolute atomic E-state index is 0.165. The van der Waals surface area contributed by atoms with Crippen LogP contribution in [0.1, 0.15) is 26.7 Å². The maximum Gasteiger partial charge on any atom is 0.236 e. The molecule has 0 unspecified atom stereocenters. The summed E-state index contributed by atoms with van der Waals surface area (Å²) in [5.74, 6) is 0.165. The van der Waals surface area contributed by atoms with E-state index < -0.39 is 0 Å². The number of nitrogens with zero attached hydrogens (tertiary/aromatic N) is 2. The average molecular weight is 257 g/mol. The number of amides is 1. The van der Waals surface area contributed by atoms with Gasteiger partial charge in [-0.05, 0) is 26.7 Å². The number of nitrogens with two attached hydrogens (primary N) is 1. The molecule has 0 aliphatic carbocycles. The lowest BCUT2D eigenvalue weighted by Gasteiger charge is -2.30. The number of piperidine rings is 1. The van der Waals surface area contributed by atoms with Gasteiger partial charge in [0.1, 0.15) is 0 Å². The van der Waals surface area contributed by atoms with Gasteiger partial charge in [0.05, 0.1) is 19.3 Å². The quantitative estimate of drug-likeness (QED) is 0.743. The Hall–Kier alpha value is -0.650. The molecule has 1 fully saturated rings. The van der Waals surface area contributed by atoms with Crippen molar-refractivity contribution >= 4 is 5.91 Å². The number of hydrogen-bond donors (Lipinski definition) is 1. The van der Waals surface area contributed by atoms with Crippen molar-refractivity contribution < 1.29 is 9.53 Å². The van der Waals surface area contributed by atoms with E-state index in [1.807, 2.05) is 20.9 Å². The maximum absolute atomic E-state index is 12.0. The lowest BCUT2D eigenvalue weighted by atomic mass is 10.1. The molecule has 5 heteroatoms. The van der Waals surface area contributed by atoms with Crippen molar-refractivity contribution in [2.75, 3.05) is 39.8 Å². The number of rotatable bonds is 6. The molecule has 1 saturated heterocycles. The number of likely N-dealkylation sites (tertiary alicyclic amines) is 1. The molecule has 18 heavy (non-hydrogen) atoms. The zero-order chi connectivity index (χ0) is 13.5. The van der Waals surface area contributed by atoms with Gasteiger partial charge in [-0.3, -0.25) is 9.69 Å². The van der Waals surface area contributed by atoms with Crippen molar-refractivity contribution in [3.05, 3.63) is 0 Å². The zero-order valence-electron chi connectivity index (χ0n) is 11.9. The first-order valence-electron chi connectivity index (χ1n) is 6.82. The van der Waals surface area contributed by atoms with E-state index in [-0.39, 0.29) is 12.0 Å². The number of carbonyl (C=O) groups is 1. The third kappa shape index (κ3) is 5.80. The van der Waals surface area contributed by atoms with Gasteiger partial charge in [-0.2, -0.15) is 0 Å². The van der Waals surface area contributed by atoms with Crippen LogP contribution in [0.4, 0.5) is 0 Å². The molecule has 0 aromatic carbocycles. The molecule has 0 saturated carbocycles. The van der Waals surface area contributed by atoms with Crippen LogP contribution in [-0.2, 0) is 9.53 Å². The molecule has 0 spiro atoms. The number of likely N-dealkylation sites (N-methyl/N-ethyl adjacent to an activating group) is 1. The van der Waals surface area contributed by atoms with E-state index in [2.05, 4.69) is 4.90 Å². The lowest BCUT2D eigenvalue weighted by Crippen LogP contribution is -2.45. The molecule has 1 heterocycles. The molecule has 0 atom stereocenters. The van der Waals surface area contributed by atoms with Crippen molar-refractivity contribution in [3.8, 4) is 0 Å². The second kappa shape index (κ2) is 7.71. The van der Waals surface area contributed by atoms with Crippen LogP contribution in [0, 0.1) is 0 Å². The van der Waals surface area contributed by atoms with E-state index in [0.717, 1.165) is 25.9 Å². The molecule has 0 aromatic rings. The second-order valence-electron chi connectivity index (χ2n) is 5.35. The van der Waals surface area contributed by atoms with Crippen LogP contribution < -0.4 is 5.73 Å². The van der Waals surface area contributed by atoms with Crippen molar-refractivity contribution in [2.24, 2.45) is 5.73 Å². The predicted octanol–water partition coefficient (Wildman–Crippen LogP) is 0.293. The molecule has 106 valence electrons. The molecule has 5 nitrogen and oxygen atoms in total. The molecule has 0 aromatic heterocycles. The molecule has 1 amide bonds. The van der Waals surface area contributed by atoms with Crippen LogP contribution in [0.2, 0.25) is 0 Å². The monoisotopic (exact) mass is 257 g/mol. The highest BCUT2D eigenvalue weighted by molar-refractivity contribution is 5.77. The van der Waals surface area contributed by atoms with E-state index >= 15 is 0 Å². The van der Waals surface area contributed by atoms with Crippen LogP contribution in [0.15, 0.2) is 0 Å². The Bertz CT molecular complexity index is 251. The van der Waals surface area contributed by atoms with Crippen molar-refractivity contribution in [1.29, 1.82) is 0 Å². The zero-order valence-corrected chi connectivity index (χ0v) is 11.9. The topological polar surface area (TPSA) is 58.8 Å². The summed E-state index contributed by atoms with van der Waals surface area (Å²) in [6.45, 7) is 7.63. The molecule has 2 N–H and O–H groups in total. The van der Waals surface area contributed by atoms with E-state index in [1.54, 1.807) is 4.90 Å². The highest BCUT2D eigenvalue weighted by atomic mass is 16.5. The normalized spacial score (nSPS) is 18.3. The summed E-state index contributed by atoms with van der Waals surface area (Å²) in [6.07, 6.45) is 2.21. The van der Waals surface area contributed by atoms with E-state index in [0.29, 0.717) is 25.7 Å². The summed E-state index contributed by atoms with van der Waals surface area (Å²) in [5, 5.41) is 0. The van der Waals surface area contributed by atoms with Gasteiger partial charge < -0.3 is 15.4 Å². The Morgan fingerprint density at radius 2 is 2.06 bits per heavy atom. The van der Waals surface area contributed by atoms with Crippen LogP contribution >= 0.6 is 0 Å². The van der Waals surface area contributed by atoms with Crippen molar-refractivity contribution in [1.82, 2.24) is 9.80 Å². The fraction of sp³-hybridized carbons (Fsp3) is 0.923. The van der Waals surface area contributed by atoms with Gasteiger partial charge in [0.2, 0.25) is 5.91 Å². The second-order valence-corrected chi connectivity index (χ2v) is 5.35. The Morgan fingerprint density at radius 3 is 2.61 bits per heavy atom. The van der Waals surface area contributed by atoms with Crippen LogP contribution in [0.25, 0.3) is 0 Å². The molecule has 0 radical (unpaired) electrons. The van der Waals surface area contributed by atoms with Gasteiger partial charge in [0.15, 0.2) is 0 Å². The van der Waals surface area contributed by atoms with Gasteiger partial charge in [0.25, 0.3) is 0 Å². The summed E-state index contributed by atoms with van der Waals surface area (Å²) in [5.41, 5.74) is 5.84. The Balaban J connectivity index is 2.18. The van der Waals surface area contributed by atoms with Gasteiger partial charge in [-0.1, -0.05) is 0 Å². The SMILES string of the molecule is CC(C)OCCN(C)C(=O)CN1CCC(N)CC1. The smallest absolute Gasteiger partial charge is 0.236 e. The molecule has 1 rings (SSSR count). The largest absolute Gasteiger partial charge is 0.377 e. The summed E-state index contributed by atoms with van der Waals surface area (Å²) >= 11 is 0. The molecular weight excluding hydrogens is 230 g/mol. The van der Waals surface area contributed by atoms with Crippen LogP contribution in [0.5, 0.6) is 0 Å². The van der Waals surface area contributed by atoms with Gasteiger partial charge >= 0.3 is 0 Å². The van der Waals surface area contributed by atoms with Gasteiger partial charge in [0, 0.05) is 32.7 Å². The Kier molecular flexibility index (Phi) is 6.60. The summed E-state index contributed by atoms with van der Waals surface area (Å²) < 4.78 is 5.44. The van der Waals surface area contributed by atoms with Crippen molar-refractivity contribution in [3.63, 3.8) is 0 Å². The molecule has 1 aliphatic rings. The van der Waals surface area contributed by atoms with Crippen LogP contribution in [0.3, 0.4) is 0 Å². The minimum atomic E-state index is 0.165. The van der Waals surface area contributed by atoms with E-state index in [4.69, 9.17) is 10.5 Å². The fourth-order valence-corrected chi connectivity index (χ4v) is 1.97. The average Bonchev–Trinajstić information content (AvgIpc) is 2.31. The minimum Gasteiger partial charge on any atom is -0.377 e. The fourth-order valence-electron chi connectivity index (χ4n) is 1.97. The highest BCUT2D eigenvalue weighted by Gasteiger charge is 2.19. The predicted molar refractivity (Wildman–Crippen MR) is 72.4 cm³/mol. The standard InChI is InChI=1S/C13H27N3O2/c1-11(2)18-9-8-15(3)13(17)10-16-6-4-12(14)5-7-16/h11-12H,4-10,14H2,1-3H3. The summed E-state index contributed by atoms with van der Waals surface area (Å²) in [6, 6.07) is 0.313. The number of hydrogen-bond acceptors (Lipinski definition) is 4. The van der Waals surface area contributed by atoms with Crippen LogP contribution in [-0.4, -0.2) is 67.7 Å². The number of carbonyl (C=O) groups excluding carboxylic acids is 1. The van der Waals surface area contributed by atoms with E-state index in [1.165, 1.54) is 0 Å². The third-order valence-corrected chi connectivity index (χ3v) is 3.29. The summed E-state index contributed by atoms with van der Waals surface area (Å²) in [4.78, 5) is 15.9. The van der Waals surface area contributed by atoms with Gasteiger partial charge in [-0.25, -0.2) is 0 Å². The van der Waals surface area contributed by atoms with Gasteiger partial charge in [-0.15, -0.1) is 0 Å². The van der Waals surface area contributed by atoms with E-state index in [9.17, 15) is 4.79 Å². The molecular formula is C13H27N3O2. The first-order chi connectivity index (χ1) is 8.49. The highest BCUT2D eigenvalue weighted by Crippen LogP contribution is 2.07.